The zero-order valence-corrected chi connectivity index (χ0v) is 14.5. The second-order valence-electron chi connectivity index (χ2n) is 6.06. The van der Waals surface area contributed by atoms with Crippen molar-refractivity contribution in [2.45, 2.75) is 4.90 Å². The molecule has 0 unspecified atom stereocenters. The summed E-state index contributed by atoms with van der Waals surface area (Å²) in [6.07, 6.45) is 0. The van der Waals surface area contributed by atoms with Crippen LogP contribution in [-0.2, 0) is 0 Å². The largest absolute Gasteiger partial charge is 0.399 e. The minimum absolute atomic E-state index is 0.194. The van der Waals surface area contributed by atoms with Gasteiger partial charge in [0.15, 0.2) is 11.6 Å². The number of ketones is 2. The number of anilines is 4. The van der Waals surface area contributed by atoms with Gasteiger partial charge < -0.3 is 16.8 Å². The van der Waals surface area contributed by atoms with Crippen molar-refractivity contribution in [2.24, 2.45) is 0 Å². The molecule has 4 rings (SSSR count). The molecule has 0 heterocycles. The molecule has 0 spiro atoms. The lowest BCUT2D eigenvalue weighted by Gasteiger charge is -2.23. The number of nitrogen functional groups attached to an aromatic ring is 2. The molecule has 0 saturated heterocycles. The highest BCUT2D eigenvalue weighted by Gasteiger charge is 2.34. The van der Waals surface area contributed by atoms with Crippen molar-refractivity contribution in [3.05, 3.63) is 76.9 Å². The van der Waals surface area contributed by atoms with E-state index in [-0.39, 0.29) is 28.4 Å². The molecule has 6 heteroatoms. The summed E-state index contributed by atoms with van der Waals surface area (Å²) in [4.78, 5) is 26.5. The summed E-state index contributed by atoms with van der Waals surface area (Å²) in [6, 6.07) is 15.5. The Hall–Kier alpha value is -3.25. The van der Waals surface area contributed by atoms with E-state index in [2.05, 4.69) is 17.9 Å². The van der Waals surface area contributed by atoms with E-state index in [0.29, 0.717) is 27.4 Å². The van der Waals surface area contributed by atoms with E-state index in [0.717, 1.165) is 5.69 Å². The third-order valence-corrected chi connectivity index (χ3v) is 4.78. The number of hydrogen-bond acceptors (Lipinski definition) is 6. The van der Waals surface area contributed by atoms with E-state index in [1.807, 2.05) is 0 Å². The minimum Gasteiger partial charge on any atom is -0.399 e. The van der Waals surface area contributed by atoms with E-state index in [1.165, 1.54) is 0 Å². The van der Waals surface area contributed by atoms with Crippen molar-refractivity contribution >= 4 is 46.9 Å². The molecule has 0 fully saturated rings. The van der Waals surface area contributed by atoms with Crippen molar-refractivity contribution in [3.63, 3.8) is 0 Å². The van der Waals surface area contributed by atoms with Crippen LogP contribution in [0.1, 0.15) is 31.8 Å². The lowest BCUT2D eigenvalue weighted by molar-refractivity contribution is 0.0980. The quantitative estimate of drug-likeness (QED) is 0.323. The van der Waals surface area contributed by atoms with Gasteiger partial charge in [0.2, 0.25) is 0 Å². The first-order chi connectivity index (χ1) is 12.5. The van der Waals surface area contributed by atoms with Crippen LogP contribution in [0, 0.1) is 0 Å². The predicted octanol–water partition coefficient (Wildman–Crippen LogP) is 3.66. The Kier molecular flexibility index (Phi) is 3.70. The van der Waals surface area contributed by atoms with Gasteiger partial charge in [-0.1, -0.05) is 24.3 Å². The number of hydrogen-bond donors (Lipinski definition) is 4. The van der Waals surface area contributed by atoms with Gasteiger partial charge >= 0.3 is 0 Å². The summed E-state index contributed by atoms with van der Waals surface area (Å²) in [5, 5.41) is 3.18. The van der Waals surface area contributed by atoms with Crippen LogP contribution < -0.4 is 16.8 Å². The molecule has 1 aliphatic carbocycles. The number of carbonyl (C=O) groups excluding carboxylic acids is 2. The van der Waals surface area contributed by atoms with Crippen molar-refractivity contribution in [1.82, 2.24) is 0 Å². The fourth-order valence-electron chi connectivity index (χ4n) is 3.12. The van der Waals surface area contributed by atoms with Gasteiger partial charge in [-0.3, -0.25) is 9.59 Å². The van der Waals surface area contributed by atoms with Gasteiger partial charge in [0.05, 0.1) is 22.5 Å². The first kappa shape index (κ1) is 16.2. The molecule has 0 saturated carbocycles. The van der Waals surface area contributed by atoms with Gasteiger partial charge in [-0.25, -0.2) is 0 Å². The number of carbonyl (C=O) groups is 2. The van der Waals surface area contributed by atoms with Crippen LogP contribution in [-0.4, -0.2) is 11.6 Å². The normalized spacial score (nSPS) is 12.5. The Morgan fingerprint density at radius 3 is 2.00 bits per heavy atom. The summed E-state index contributed by atoms with van der Waals surface area (Å²) in [7, 11) is 0. The van der Waals surface area contributed by atoms with E-state index in [9.17, 15) is 9.59 Å². The molecular formula is C20H15N3O2S. The first-order valence-corrected chi connectivity index (χ1v) is 8.38. The van der Waals surface area contributed by atoms with Gasteiger partial charge in [0, 0.05) is 27.4 Å². The Morgan fingerprint density at radius 1 is 0.808 bits per heavy atom. The van der Waals surface area contributed by atoms with Crippen LogP contribution in [0.5, 0.6) is 0 Å². The third-order valence-electron chi connectivity index (χ3n) is 4.41. The molecule has 0 aromatic heterocycles. The molecular weight excluding hydrogens is 346 g/mol. The van der Waals surface area contributed by atoms with E-state index in [1.54, 1.807) is 54.6 Å². The Morgan fingerprint density at radius 2 is 1.38 bits per heavy atom. The SMILES string of the molecule is Nc1ccc(Nc2cc(S)c(N)c3c2C(=O)c2ccccc2C3=O)cc1. The van der Waals surface area contributed by atoms with Crippen LogP contribution in [0.3, 0.4) is 0 Å². The summed E-state index contributed by atoms with van der Waals surface area (Å²) in [5.41, 5.74) is 15.1. The van der Waals surface area contributed by atoms with Crippen LogP contribution >= 0.6 is 12.6 Å². The monoisotopic (exact) mass is 361 g/mol. The third kappa shape index (κ3) is 2.43. The van der Waals surface area contributed by atoms with Crippen LogP contribution in [0.2, 0.25) is 0 Å². The highest BCUT2D eigenvalue weighted by molar-refractivity contribution is 7.80. The maximum absolute atomic E-state index is 13.1. The fourth-order valence-corrected chi connectivity index (χ4v) is 3.37. The summed E-state index contributed by atoms with van der Waals surface area (Å²) in [6.45, 7) is 0. The minimum atomic E-state index is -0.274. The smallest absolute Gasteiger partial charge is 0.196 e. The summed E-state index contributed by atoms with van der Waals surface area (Å²) >= 11 is 4.38. The van der Waals surface area contributed by atoms with Gasteiger partial charge in [-0.05, 0) is 30.3 Å². The molecule has 0 radical (unpaired) electrons. The van der Waals surface area contributed by atoms with Crippen LogP contribution in [0.4, 0.5) is 22.7 Å². The Labute approximate surface area is 155 Å². The average Bonchev–Trinajstić information content (AvgIpc) is 2.64. The van der Waals surface area contributed by atoms with Gasteiger partial charge in [-0.15, -0.1) is 12.6 Å². The highest BCUT2D eigenvalue weighted by atomic mass is 32.1. The standard InChI is InChI=1S/C20H15N3O2S/c21-10-5-7-11(8-6-10)23-14-9-15(26)18(22)17-16(14)19(24)12-3-1-2-4-13(12)20(17)25/h1-9,23,26H,21-22H2. The van der Waals surface area contributed by atoms with E-state index < -0.39 is 0 Å². The molecule has 128 valence electrons. The van der Waals surface area contributed by atoms with Crippen molar-refractivity contribution in [2.75, 3.05) is 16.8 Å². The zero-order chi connectivity index (χ0) is 18.4. The molecule has 1 aliphatic rings. The van der Waals surface area contributed by atoms with Crippen molar-refractivity contribution < 1.29 is 9.59 Å². The number of fused-ring (bicyclic) bond motifs is 2. The van der Waals surface area contributed by atoms with Crippen LogP contribution in [0.15, 0.2) is 59.5 Å². The average molecular weight is 361 g/mol. The topological polar surface area (TPSA) is 98.2 Å². The highest BCUT2D eigenvalue weighted by Crippen LogP contribution is 2.39. The number of benzene rings is 3. The number of nitrogens with two attached hydrogens (primary N) is 2. The maximum atomic E-state index is 13.1. The van der Waals surface area contributed by atoms with Gasteiger partial charge in [-0.2, -0.15) is 0 Å². The fraction of sp³-hybridized carbons (Fsp3) is 0. The second-order valence-corrected chi connectivity index (χ2v) is 6.54. The van der Waals surface area contributed by atoms with Gasteiger partial charge in [0.1, 0.15) is 0 Å². The van der Waals surface area contributed by atoms with Gasteiger partial charge in [0.25, 0.3) is 0 Å². The van der Waals surface area contributed by atoms with Crippen molar-refractivity contribution in [3.8, 4) is 0 Å². The molecule has 0 amide bonds. The summed E-state index contributed by atoms with van der Waals surface area (Å²) < 4.78 is 0. The molecule has 5 nitrogen and oxygen atoms in total. The maximum Gasteiger partial charge on any atom is 0.196 e. The lowest BCUT2D eigenvalue weighted by Crippen LogP contribution is -2.24. The Balaban J connectivity index is 1.93. The molecule has 5 N–H and O–H groups in total. The molecule has 0 aliphatic heterocycles. The molecule has 0 bridgehead atoms. The summed E-state index contributed by atoms with van der Waals surface area (Å²) in [5.74, 6) is -0.517. The van der Waals surface area contributed by atoms with Crippen LogP contribution in [0.25, 0.3) is 0 Å². The van der Waals surface area contributed by atoms with E-state index >= 15 is 0 Å². The lowest BCUT2D eigenvalue weighted by atomic mass is 9.82. The first-order valence-electron chi connectivity index (χ1n) is 7.94. The van der Waals surface area contributed by atoms with Crippen molar-refractivity contribution in [1.29, 1.82) is 0 Å². The number of nitrogens with one attached hydrogen (secondary N) is 1. The molecule has 0 atom stereocenters. The number of rotatable bonds is 2. The number of thiol groups is 1. The molecule has 3 aromatic rings. The Bertz CT molecular complexity index is 1080. The van der Waals surface area contributed by atoms with E-state index in [4.69, 9.17) is 11.5 Å². The second kappa shape index (κ2) is 5.93. The molecule has 26 heavy (non-hydrogen) atoms. The predicted molar refractivity (Wildman–Crippen MR) is 106 cm³/mol. The zero-order valence-electron chi connectivity index (χ0n) is 13.6. The molecule has 3 aromatic carbocycles.